The maximum atomic E-state index is 13.1. The van der Waals surface area contributed by atoms with Crippen LogP contribution in [-0.2, 0) is 17.9 Å². The van der Waals surface area contributed by atoms with Crippen LogP contribution in [0.2, 0.25) is 0 Å². The van der Waals surface area contributed by atoms with Crippen LogP contribution in [0.3, 0.4) is 0 Å². The molecule has 2 atom stereocenters. The molecule has 0 aliphatic carbocycles. The number of carbonyl (C=O) groups is 2. The molecule has 1 fully saturated rings. The predicted octanol–water partition coefficient (Wildman–Crippen LogP) is 4.03. The number of amides is 3. The van der Waals surface area contributed by atoms with Crippen LogP contribution < -0.4 is 5.32 Å². The Morgan fingerprint density at radius 3 is 2.76 bits per heavy atom. The number of rotatable bonds is 6. The standard InChI is InChI=1S/C21H22FN3O2S2/c1-14-11-18(29-19(14)20(26)23-12-17-3-2-10-28-17)25-9-8-24(21(25)27)13-15-4-6-16(22)7-5-15/h2-7,10-11,14,19H,8-9,12-13H2,1H3,(H,23,26). The lowest BCUT2D eigenvalue weighted by atomic mass is 10.1. The number of urea groups is 1. The first-order chi connectivity index (χ1) is 14.0. The maximum absolute atomic E-state index is 13.1. The highest BCUT2D eigenvalue weighted by molar-refractivity contribution is 8.04. The van der Waals surface area contributed by atoms with Crippen molar-refractivity contribution in [2.75, 3.05) is 13.1 Å². The van der Waals surface area contributed by atoms with Crippen molar-refractivity contribution in [3.8, 4) is 0 Å². The minimum Gasteiger partial charge on any atom is -0.350 e. The molecule has 29 heavy (non-hydrogen) atoms. The third-order valence-electron chi connectivity index (χ3n) is 5.05. The summed E-state index contributed by atoms with van der Waals surface area (Å²) < 4.78 is 13.1. The highest BCUT2D eigenvalue weighted by atomic mass is 32.2. The van der Waals surface area contributed by atoms with Crippen LogP contribution in [0, 0.1) is 11.7 Å². The van der Waals surface area contributed by atoms with Crippen LogP contribution in [0.5, 0.6) is 0 Å². The van der Waals surface area contributed by atoms with Crippen molar-refractivity contribution in [3.63, 3.8) is 0 Å². The molecule has 1 N–H and O–H groups in total. The van der Waals surface area contributed by atoms with E-state index >= 15 is 0 Å². The molecule has 1 aromatic heterocycles. The summed E-state index contributed by atoms with van der Waals surface area (Å²) in [7, 11) is 0. The third-order valence-corrected chi connectivity index (χ3v) is 7.43. The van der Waals surface area contributed by atoms with Crippen molar-refractivity contribution in [3.05, 3.63) is 69.1 Å². The number of thiophene rings is 1. The zero-order valence-electron chi connectivity index (χ0n) is 16.0. The highest BCUT2D eigenvalue weighted by Crippen LogP contribution is 2.40. The number of nitrogens with one attached hydrogen (secondary N) is 1. The van der Waals surface area contributed by atoms with Gasteiger partial charge in [0.1, 0.15) is 5.82 Å². The lowest BCUT2D eigenvalue weighted by Crippen LogP contribution is -2.34. The number of allylic oxidation sites excluding steroid dienone is 1. The lowest BCUT2D eigenvalue weighted by molar-refractivity contribution is -0.121. The number of nitrogens with zero attached hydrogens (tertiary/aromatic N) is 2. The molecular weight excluding hydrogens is 409 g/mol. The molecule has 0 saturated carbocycles. The van der Waals surface area contributed by atoms with Gasteiger partial charge < -0.3 is 10.2 Å². The molecule has 0 radical (unpaired) electrons. The van der Waals surface area contributed by atoms with Gasteiger partial charge in [-0.1, -0.05) is 36.9 Å². The topological polar surface area (TPSA) is 52.7 Å². The molecule has 5 nitrogen and oxygen atoms in total. The van der Waals surface area contributed by atoms with E-state index < -0.39 is 0 Å². The summed E-state index contributed by atoms with van der Waals surface area (Å²) in [6.45, 7) is 4.19. The second kappa shape index (κ2) is 8.59. The molecule has 1 aromatic carbocycles. The van der Waals surface area contributed by atoms with Gasteiger partial charge in [-0.05, 0) is 41.1 Å². The lowest BCUT2D eigenvalue weighted by Gasteiger charge is -2.20. The number of thioether (sulfide) groups is 1. The quantitative estimate of drug-likeness (QED) is 0.751. The van der Waals surface area contributed by atoms with Gasteiger partial charge in [0.05, 0.1) is 16.8 Å². The van der Waals surface area contributed by atoms with Crippen LogP contribution in [-0.4, -0.2) is 40.1 Å². The van der Waals surface area contributed by atoms with Gasteiger partial charge >= 0.3 is 6.03 Å². The summed E-state index contributed by atoms with van der Waals surface area (Å²) >= 11 is 3.07. The van der Waals surface area contributed by atoms with E-state index in [4.69, 9.17) is 0 Å². The van der Waals surface area contributed by atoms with E-state index in [0.717, 1.165) is 15.5 Å². The molecule has 8 heteroatoms. The largest absolute Gasteiger partial charge is 0.350 e. The van der Waals surface area contributed by atoms with Crippen LogP contribution >= 0.6 is 23.1 Å². The Bertz CT molecular complexity index is 915. The van der Waals surface area contributed by atoms with Gasteiger partial charge in [0.2, 0.25) is 5.91 Å². The average Bonchev–Trinajstić information content (AvgIpc) is 3.43. The zero-order valence-corrected chi connectivity index (χ0v) is 17.6. The van der Waals surface area contributed by atoms with Gasteiger partial charge in [0.25, 0.3) is 0 Å². The van der Waals surface area contributed by atoms with E-state index in [-0.39, 0.29) is 28.9 Å². The molecule has 2 aromatic rings. The molecule has 3 heterocycles. The fourth-order valence-corrected chi connectivity index (χ4v) is 5.45. The number of hydrogen-bond donors (Lipinski definition) is 1. The Morgan fingerprint density at radius 1 is 1.24 bits per heavy atom. The fourth-order valence-electron chi connectivity index (χ4n) is 3.47. The molecule has 152 valence electrons. The van der Waals surface area contributed by atoms with Crippen molar-refractivity contribution in [1.29, 1.82) is 0 Å². The first-order valence-electron chi connectivity index (χ1n) is 9.51. The Labute approximate surface area is 177 Å². The third kappa shape index (κ3) is 4.48. The SMILES string of the molecule is CC1C=C(N2CCN(Cc3ccc(F)cc3)C2=O)SC1C(=O)NCc1cccs1. The van der Waals surface area contributed by atoms with E-state index in [9.17, 15) is 14.0 Å². The normalized spacial score (nSPS) is 21.6. The molecule has 2 aliphatic rings. The van der Waals surface area contributed by atoms with E-state index in [1.165, 1.54) is 23.9 Å². The molecule has 0 spiro atoms. The second-order valence-electron chi connectivity index (χ2n) is 7.18. The first-order valence-corrected chi connectivity index (χ1v) is 11.3. The molecule has 0 bridgehead atoms. The molecule has 2 aliphatic heterocycles. The Hall–Kier alpha value is -2.32. The predicted molar refractivity (Wildman–Crippen MR) is 114 cm³/mol. The summed E-state index contributed by atoms with van der Waals surface area (Å²) in [6, 6.07) is 10.1. The monoisotopic (exact) mass is 431 g/mol. The van der Waals surface area contributed by atoms with Gasteiger partial charge in [-0.2, -0.15) is 0 Å². The molecule has 4 rings (SSSR count). The van der Waals surface area contributed by atoms with E-state index in [1.54, 1.807) is 33.3 Å². The van der Waals surface area contributed by atoms with Crippen LogP contribution in [0.1, 0.15) is 17.4 Å². The highest BCUT2D eigenvalue weighted by Gasteiger charge is 2.38. The number of benzene rings is 1. The summed E-state index contributed by atoms with van der Waals surface area (Å²) in [4.78, 5) is 30.1. The number of carbonyl (C=O) groups excluding carboxylic acids is 2. The molecular formula is C21H22FN3O2S2. The van der Waals surface area contributed by atoms with E-state index in [1.807, 2.05) is 30.5 Å². The smallest absolute Gasteiger partial charge is 0.325 e. The van der Waals surface area contributed by atoms with Gasteiger partial charge in [0, 0.05) is 24.5 Å². The Kier molecular flexibility index (Phi) is 5.91. The minimum atomic E-state index is -0.284. The van der Waals surface area contributed by atoms with Crippen LogP contribution in [0.15, 0.2) is 52.9 Å². The van der Waals surface area contributed by atoms with Crippen LogP contribution in [0.25, 0.3) is 0 Å². The summed E-state index contributed by atoms with van der Waals surface area (Å²) in [5.41, 5.74) is 0.897. The van der Waals surface area contributed by atoms with Crippen molar-refractivity contribution in [2.45, 2.75) is 25.3 Å². The van der Waals surface area contributed by atoms with Gasteiger partial charge in [-0.15, -0.1) is 11.3 Å². The molecule has 1 saturated heterocycles. The number of halogens is 1. The van der Waals surface area contributed by atoms with Crippen molar-refractivity contribution < 1.29 is 14.0 Å². The van der Waals surface area contributed by atoms with Crippen LogP contribution in [0.4, 0.5) is 9.18 Å². The van der Waals surface area contributed by atoms with Gasteiger partial charge in [0.15, 0.2) is 0 Å². The molecule has 3 amide bonds. The summed E-state index contributed by atoms with van der Waals surface area (Å²) in [5, 5.41) is 5.60. The first kappa shape index (κ1) is 20.0. The van der Waals surface area contributed by atoms with Gasteiger partial charge in [-0.3, -0.25) is 9.69 Å². The summed E-state index contributed by atoms with van der Waals surface area (Å²) in [6.07, 6.45) is 2.01. The Morgan fingerprint density at radius 2 is 2.03 bits per heavy atom. The fraction of sp³-hybridized carbons (Fsp3) is 0.333. The zero-order chi connectivity index (χ0) is 20.4. The number of hydrogen-bond acceptors (Lipinski definition) is 4. The summed E-state index contributed by atoms with van der Waals surface area (Å²) in [5.74, 6) is -0.234. The minimum absolute atomic E-state index is 0.00281. The average molecular weight is 432 g/mol. The Balaban J connectivity index is 1.34. The van der Waals surface area contributed by atoms with E-state index in [0.29, 0.717) is 26.2 Å². The second-order valence-corrected chi connectivity index (χ2v) is 9.38. The van der Waals surface area contributed by atoms with Crippen molar-refractivity contribution >= 4 is 35.0 Å². The van der Waals surface area contributed by atoms with E-state index in [2.05, 4.69) is 5.32 Å². The maximum Gasteiger partial charge on any atom is 0.325 e. The molecule has 2 unspecified atom stereocenters. The van der Waals surface area contributed by atoms with Crippen molar-refractivity contribution in [2.24, 2.45) is 5.92 Å². The van der Waals surface area contributed by atoms with Gasteiger partial charge in [-0.25, -0.2) is 9.18 Å². The van der Waals surface area contributed by atoms with Crippen molar-refractivity contribution in [1.82, 2.24) is 15.1 Å².